The summed E-state index contributed by atoms with van der Waals surface area (Å²) in [6.07, 6.45) is 4.81. The Bertz CT molecular complexity index is 630. The monoisotopic (exact) mass is 347 g/mol. The van der Waals surface area contributed by atoms with Gasteiger partial charge >= 0.3 is 11.9 Å². The number of carbonyl (C=O) groups is 2. The molecular formula is C18H21NO4S. The van der Waals surface area contributed by atoms with E-state index in [2.05, 4.69) is 55.2 Å². The molecule has 24 heavy (non-hydrogen) atoms. The lowest BCUT2D eigenvalue weighted by atomic mass is 10.0. The second kappa shape index (κ2) is 10.4. The number of pyridine rings is 1. The Morgan fingerprint density at radius 3 is 2.00 bits per heavy atom. The predicted molar refractivity (Wildman–Crippen MR) is 94.5 cm³/mol. The van der Waals surface area contributed by atoms with E-state index >= 15 is 0 Å². The molecule has 0 bridgehead atoms. The Kier molecular flexibility index (Phi) is 8.57. The van der Waals surface area contributed by atoms with Crippen LogP contribution in [0.3, 0.4) is 0 Å². The second-order valence-electron chi connectivity index (χ2n) is 5.29. The maximum absolute atomic E-state index is 9.10. The molecule has 1 heterocycles. The molecule has 5 nitrogen and oxygen atoms in total. The van der Waals surface area contributed by atoms with Crippen LogP contribution >= 0.6 is 11.8 Å². The summed E-state index contributed by atoms with van der Waals surface area (Å²) < 4.78 is 0. The fraction of sp³-hybridized carbons (Fsp3) is 0.278. The van der Waals surface area contributed by atoms with Gasteiger partial charge in [-0.3, -0.25) is 4.98 Å². The zero-order chi connectivity index (χ0) is 17.9. The number of carboxylic acids is 2. The van der Waals surface area contributed by atoms with Crippen molar-refractivity contribution >= 4 is 23.7 Å². The third-order valence-electron chi connectivity index (χ3n) is 3.14. The van der Waals surface area contributed by atoms with E-state index in [-0.39, 0.29) is 0 Å². The van der Waals surface area contributed by atoms with Crippen LogP contribution in [-0.4, -0.2) is 32.9 Å². The number of aromatic nitrogens is 1. The molecule has 2 N–H and O–H groups in total. The normalized spacial score (nSPS) is 9.96. The van der Waals surface area contributed by atoms with Gasteiger partial charge in [0.25, 0.3) is 0 Å². The minimum absolute atomic E-state index is 0.612. The molecule has 0 aliphatic rings. The zero-order valence-corrected chi connectivity index (χ0v) is 14.5. The van der Waals surface area contributed by atoms with E-state index in [1.807, 2.05) is 24.2 Å². The third-order valence-corrected chi connectivity index (χ3v) is 4.15. The SMILES string of the molecule is CC(C)c1ccc(SCCc2ccncc2)cc1.O=C(O)C(=O)O. The third kappa shape index (κ3) is 7.78. The fourth-order valence-corrected chi connectivity index (χ4v) is 2.69. The quantitative estimate of drug-likeness (QED) is 0.633. The number of rotatable bonds is 5. The van der Waals surface area contributed by atoms with E-state index in [4.69, 9.17) is 19.8 Å². The Balaban J connectivity index is 0.000000413. The Morgan fingerprint density at radius 1 is 1.00 bits per heavy atom. The Morgan fingerprint density at radius 2 is 1.54 bits per heavy atom. The second-order valence-corrected chi connectivity index (χ2v) is 6.46. The van der Waals surface area contributed by atoms with Gasteiger partial charge in [-0.25, -0.2) is 9.59 Å². The lowest BCUT2D eigenvalue weighted by molar-refractivity contribution is -0.159. The molecule has 2 rings (SSSR count). The van der Waals surface area contributed by atoms with Crippen molar-refractivity contribution in [2.24, 2.45) is 0 Å². The van der Waals surface area contributed by atoms with Crippen LogP contribution in [-0.2, 0) is 16.0 Å². The molecule has 1 aromatic heterocycles. The van der Waals surface area contributed by atoms with Gasteiger partial charge in [-0.05, 0) is 47.7 Å². The van der Waals surface area contributed by atoms with Gasteiger partial charge in [-0.2, -0.15) is 0 Å². The highest BCUT2D eigenvalue weighted by atomic mass is 32.2. The first-order chi connectivity index (χ1) is 11.4. The lowest BCUT2D eigenvalue weighted by Gasteiger charge is -2.06. The van der Waals surface area contributed by atoms with Crippen LogP contribution in [0.25, 0.3) is 0 Å². The minimum Gasteiger partial charge on any atom is -0.473 e. The first kappa shape index (κ1) is 19.7. The molecule has 0 radical (unpaired) electrons. The summed E-state index contributed by atoms with van der Waals surface area (Å²) in [7, 11) is 0. The van der Waals surface area contributed by atoms with Gasteiger partial charge in [0.15, 0.2) is 0 Å². The summed E-state index contributed by atoms with van der Waals surface area (Å²) in [5, 5.41) is 14.8. The van der Waals surface area contributed by atoms with E-state index in [0.717, 1.165) is 12.2 Å². The van der Waals surface area contributed by atoms with Gasteiger partial charge in [0.2, 0.25) is 0 Å². The molecule has 0 aliphatic carbocycles. The minimum atomic E-state index is -1.82. The van der Waals surface area contributed by atoms with Crippen LogP contribution in [0.2, 0.25) is 0 Å². The molecule has 0 saturated carbocycles. The van der Waals surface area contributed by atoms with E-state index in [0.29, 0.717) is 5.92 Å². The Labute approximate surface area is 145 Å². The highest BCUT2D eigenvalue weighted by Crippen LogP contribution is 2.22. The van der Waals surface area contributed by atoms with Gasteiger partial charge < -0.3 is 10.2 Å². The fourth-order valence-electron chi connectivity index (χ4n) is 1.79. The summed E-state index contributed by atoms with van der Waals surface area (Å²) >= 11 is 1.92. The molecule has 0 fully saturated rings. The highest BCUT2D eigenvalue weighted by molar-refractivity contribution is 7.99. The summed E-state index contributed by atoms with van der Waals surface area (Å²) in [6, 6.07) is 13.1. The van der Waals surface area contributed by atoms with Crippen molar-refractivity contribution in [2.75, 3.05) is 5.75 Å². The van der Waals surface area contributed by atoms with Gasteiger partial charge in [0, 0.05) is 23.0 Å². The van der Waals surface area contributed by atoms with Crippen LogP contribution in [0, 0.1) is 0 Å². The topological polar surface area (TPSA) is 87.5 Å². The van der Waals surface area contributed by atoms with Crippen LogP contribution < -0.4 is 0 Å². The number of hydrogen-bond donors (Lipinski definition) is 2. The van der Waals surface area contributed by atoms with E-state index in [9.17, 15) is 0 Å². The Hall–Kier alpha value is -2.34. The summed E-state index contributed by atoms with van der Waals surface area (Å²) in [5.41, 5.74) is 2.77. The molecule has 0 spiro atoms. The maximum Gasteiger partial charge on any atom is 0.414 e. The van der Waals surface area contributed by atoms with E-state index in [1.165, 1.54) is 16.0 Å². The number of nitrogens with zero attached hydrogens (tertiary/aromatic N) is 1. The van der Waals surface area contributed by atoms with Crippen molar-refractivity contribution in [3.8, 4) is 0 Å². The maximum atomic E-state index is 9.10. The first-order valence-electron chi connectivity index (χ1n) is 7.48. The highest BCUT2D eigenvalue weighted by Gasteiger charge is 2.04. The molecule has 0 unspecified atom stereocenters. The van der Waals surface area contributed by atoms with Crippen LogP contribution in [0.1, 0.15) is 30.9 Å². The van der Waals surface area contributed by atoms with Gasteiger partial charge in [0.1, 0.15) is 0 Å². The molecule has 1 aromatic carbocycles. The van der Waals surface area contributed by atoms with E-state index < -0.39 is 11.9 Å². The average molecular weight is 347 g/mol. The van der Waals surface area contributed by atoms with E-state index in [1.54, 1.807) is 0 Å². The smallest absolute Gasteiger partial charge is 0.414 e. The number of benzene rings is 1. The van der Waals surface area contributed by atoms with Crippen LogP contribution in [0.5, 0.6) is 0 Å². The van der Waals surface area contributed by atoms with Gasteiger partial charge in [0.05, 0.1) is 0 Å². The van der Waals surface area contributed by atoms with Gasteiger partial charge in [-0.15, -0.1) is 11.8 Å². The standard InChI is InChI=1S/C16H19NS.C2H2O4/c1-13(2)15-3-5-16(6-4-15)18-12-9-14-7-10-17-11-8-14;3-1(4)2(5)6/h3-8,10-11,13H,9,12H2,1-2H3;(H,3,4)(H,5,6). The van der Waals surface area contributed by atoms with Crippen LogP contribution in [0.15, 0.2) is 53.7 Å². The van der Waals surface area contributed by atoms with Crippen molar-refractivity contribution in [1.82, 2.24) is 4.98 Å². The number of thioether (sulfide) groups is 1. The van der Waals surface area contributed by atoms with Crippen LogP contribution in [0.4, 0.5) is 0 Å². The lowest BCUT2D eigenvalue weighted by Crippen LogP contribution is -2.09. The van der Waals surface area contributed by atoms with Gasteiger partial charge in [-0.1, -0.05) is 26.0 Å². The average Bonchev–Trinajstić information content (AvgIpc) is 2.57. The van der Waals surface area contributed by atoms with Crippen molar-refractivity contribution in [3.63, 3.8) is 0 Å². The van der Waals surface area contributed by atoms with Crippen molar-refractivity contribution in [3.05, 3.63) is 59.9 Å². The molecule has 0 amide bonds. The number of hydrogen-bond acceptors (Lipinski definition) is 4. The summed E-state index contributed by atoms with van der Waals surface area (Å²) in [6.45, 7) is 4.46. The number of aliphatic carboxylic acids is 2. The van der Waals surface area contributed by atoms with Crippen molar-refractivity contribution in [2.45, 2.75) is 31.1 Å². The molecule has 2 aromatic rings. The number of carboxylic acid groups (broad SMARTS) is 2. The molecular weight excluding hydrogens is 326 g/mol. The first-order valence-corrected chi connectivity index (χ1v) is 8.46. The van der Waals surface area contributed by atoms with Crippen molar-refractivity contribution in [1.29, 1.82) is 0 Å². The predicted octanol–water partition coefficient (Wildman–Crippen LogP) is 3.70. The molecule has 6 heteroatoms. The zero-order valence-electron chi connectivity index (χ0n) is 13.7. The summed E-state index contributed by atoms with van der Waals surface area (Å²) in [5.74, 6) is -1.92. The van der Waals surface area contributed by atoms with Crippen molar-refractivity contribution < 1.29 is 19.8 Å². The summed E-state index contributed by atoms with van der Waals surface area (Å²) in [4.78, 5) is 23.6. The largest absolute Gasteiger partial charge is 0.473 e. The molecule has 0 atom stereocenters. The number of aryl methyl sites for hydroxylation is 1. The molecule has 0 aliphatic heterocycles. The molecule has 0 saturated heterocycles. The molecule has 128 valence electrons.